The van der Waals surface area contributed by atoms with Crippen molar-refractivity contribution in [3.8, 4) is 11.3 Å². The molecule has 0 aliphatic carbocycles. The third-order valence-electron chi connectivity index (χ3n) is 5.47. The van der Waals surface area contributed by atoms with E-state index < -0.39 is 0 Å². The summed E-state index contributed by atoms with van der Waals surface area (Å²) in [6, 6.07) is 17.2. The minimum Gasteiger partial charge on any atom is -0.461 e. The Kier molecular flexibility index (Phi) is 5.44. The van der Waals surface area contributed by atoms with Crippen LogP contribution in [-0.4, -0.2) is 23.3 Å². The molecule has 2 aromatic carbocycles. The summed E-state index contributed by atoms with van der Waals surface area (Å²) in [4.78, 5) is 26.8. The molecule has 2 heterocycles. The van der Waals surface area contributed by atoms with Gasteiger partial charge in [0.15, 0.2) is 0 Å². The number of nitrogens with one attached hydrogen (secondary N) is 1. The van der Waals surface area contributed by atoms with Crippen LogP contribution in [0.15, 0.2) is 59.0 Å². The van der Waals surface area contributed by atoms with Gasteiger partial charge in [-0.2, -0.15) is 0 Å². The molecule has 0 spiro atoms. The predicted octanol–water partition coefficient (Wildman–Crippen LogP) is 5.05. The molecule has 0 bridgehead atoms. The first-order valence-electron chi connectivity index (χ1n) is 10.3. The second kappa shape index (κ2) is 8.19. The highest BCUT2D eigenvalue weighted by Gasteiger charge is 2.25. The lowest BCUT2D eigenvalue weighted by atomic mass is 10.1. The zero-order valence-corrected chi connectivity index (χ0v) is 17.6. The SMILES string of the molecule is Cc1ccccc1C(=O)Nc1cccc(-c2cc3c(o2)CCN(C(=O)C(C)C)C3)c1. The van der Waals surface area contributed by atoms with Gasteiger partial charge < -0.3 is 14.6 Å². The Hall–Kier alpha value is -3.34. The molecule has 0 saturated carbocycles. The minimum atomic E-state index is -0.133. The molecular formula is C25H26N2O3. The van der Waals surface area contributed by atoms with Crippen LogP contribution in [0.1, 0.15) is 41.1 Å². The molecule has 1 aromatic heterocycles. The molecule has 1 aliphatic heterocycles. The van der Waals surface area contributed by atoms with E-state index in [1.807, 2.05) is 80.3 Å². The minimum absolute atomic E-state index is 0.00790. The number of furan rings is 1. The predicted molar refractivity (Wildman–Crippen MR) is 117 cm³/mol. The number of hydrogen-bond acceptors (Lipinski definition) is 3. The summed E-state index contributed by atoms with van der Waals surface area (Å²) in [5.41, 5.74) is 4.26. The van der Waals surface area contributed by atoms with Crippen LogP contribution in [0.25, 0.3) is 11.3 Å². The van der Waals surface area contributed by atoms with Crippen molar-refractivity contribution >= 4 is 17.5 Å². The number of amides is 2. The molecule has 4 rings (SSSR count). The number of nitrogens with zero attached hydrogens (tertiary/aromatic N) is 1. The molecule has 0 saturated heterocycles. The maximum Gasteiger partial charge on any atom is 0.255 e. The van der Waals surface area contributed by atoms with Gasteiger partial charge in [-0.05, 0) is 36.8 Å². The number of anilines is 1. The number of aryl methyl sites for hydroxylation is 1. The van der Waals surface area contributed by atoms with Gasteiger partial charge in [-0.15, -0.1) is 0 Å². The van der Waals surface area contributed by atoms with Gasteiger partial charge >= 0.3 is 0 Å². The second-order valence-corrected chi connectivity index (χ2v) is 8.07. The summed E-state index contributed by atoms with van der Waals surface area (Å²) in [5, 5.41) is 2.97. The number of hydrogen-bond donors (Lipinski definition) is 1. The van der Waals surface area contributed by atoms with Crippen molar-refractivity contribution in [3.63, 3.8) is 0 Å². The zero-order chi connectivity index (χ0) is 21.3. The molecule has 1 N–H and O–H groups in total. The first kappa shape index (κ1) is 20.0. The lowest BCUT2D eigenvalue weighted by molar-refractivity contribution is -0.135. The number of fused-ring (bicyclic) bond motifs is 1. The Morgan fingerprint density at radius 2 is 1.87 bits per heavy atom. The average Bonchev–Trinajstić information content (AvgIpc) is 3.17. The number of rotatable bonds is 4. The Labute approximate surface area is 176 Å². The fourth-order valence-corrected chi connectivity index (χ4v) is 3.80. The molecule has 5 nitrogen and oxygen atoms in total. The van der Waals surface area contributed by atoms with Crippen molar-refractivity contribution in [1.29, 1.82) is 0 Å². The smallest absolute Gasteiger partial charge is 0.255 e. The van der Waals surface area contributed by atoms with E-state index in [0.29, 0.717) is 24.3 Å². The van der Waals surface area contributed by atoms with Crippen LogP contribution in [-0.2, 0) is 17.8 Å². The van der Waals surface area contributed by atoms with E-state index in [1.165, 1.54) is 0 Å². The van der Waals surface area contributed by atoms with Gasteiger partial charge in [-0.3, -0.25) is 9.59 Å². The maximum absolute atomic E-state index is 12.6. The number of benzene rings is 2. The Balaban J connectivity index is 1.53. The van der Waals surface area contributed by atoms with E-state index in [0.717, 1.165) is 34.6 Å². The van der Waals surface area contributed by atoms with Crippen LogP contribution in [0, 0.1) is 12.8 Å². The molecular weight excluding hydrogens is 376 g/mol. The van der Waals surface area contributed by atoms with Crippen LogP contribution in [0.4, 0.5) is 5.69 Å². The van der Waals surface area contributed by atoms with E-state index in [-0.39, 0.29) is 17.7 Å². The molecule has 1 aliphatic rings. The van der Waals surface area contributed by atoms with Crippen molar-refractivity contribution in [2.75, 3.05) is 11.9 Å². The van der Waals surface area contributed by atoms with E-state index >= 15 is 0 Å². The molecule has 0 radical (unpaired) electrons. The summed E-state index contributed by atoms with van der Waals surface area (Å²) in [6.07, 6.45) is 0.720. The van der Waals surface area contributed by atoms with Gasteiger partial charge in [0.25, 0.3) is 5.91 Å². The standard InChI is InChI=1S/C25H26N2O3/c1-16(2)25(29)27-12-11-22-19(15-27)14-23(30-22)18-8-6-9-20(13-18)26-24(28)21-10-5-4-7-17(21)3/h4-10,13-14,16H,11-12,15H2,1-3H3,(H,26,28). The largest absolute Gasteiger partial charge is 0.461 e. The molecule has 3 aromatic rings. The molecule has 0 atom stereocenters. The first-order valence-corrected chi connectivity index (χ1v) is 10.3. The van der Waals surface area contributed by atoms with Gasteiger partial charge in [0.05, 0.1) is 0 Å². The third-order valence-corrected chi connectivity index (χ3v) is 5.47. The van der Waals surface area contributed by atoms with E-state index in [9.17, 15) is 9.59 Å². The van der Waals surface area contributed by atoms with Crippen molar-refractivity contribution in [2.24, 2.45) is 5.92 Å². The fourth-order valence-electron chi connectivity index (χ4n) is 3.80. The van der Waals surface area contributed by atoms with Crippen molar-refractivity contribution in [2.45, 2.75) is 33.7 Å². The molecule has 30 heavy (non-hydrogen) atoms. The topological polar surface area (TPSA) is 62.6 Å². The van der Waals surface area contributed by atoms with E-state index in [2.05, 4.69) is 5.32 Å². The average molecular weight is 402 g/mol. The van der Waals surface area contributed by atoms with E-state index in [1.54, 1.807) is 0 Å². The third kappa shape index (κ3) is 4.01. The number of carbonyl (C=O) groups is 2. The fraction of sp³-hybridized carbons (Fsp3) is 0.280. The lowest BCUT2D eigenvalue weighted by Crippen LogP contribution is -2.37. The highest BCUT2D eigenvalue weighted by Crippen LogP contribution is 2.31. The Morgan fingerprint density at radius 3 is 2.63 bits per heavy atom. The number of carbonyl (C=O) groups excluding carboxylic acids is 2. The first-order chi connectivity index (χ1) is 14.4. The summed E-state index contributed by atoms with van der Waals surface area (Å²) in [7, 11) is 0. The van der Waals surface area contributed by atoms with Crippen LogP contribution < -0.4 is 5.32 Å². The van der Waals surface area contributed by atoms with Crippen molar-refractivity contribution < 1.29 is 14.0 Å². The maximum atomic E-state index is 12.6. The van der Waals surface area contributed by atoms with Crippen LogP contribution >= 0.6 is 0 Å². The summed E-state index contributed by atoms with van der Waals surface area (Å²) in [6.45, 7) is 7.04. The molecule has 5 heteroatoms. The van der Waals surface area contributed by atoms with Gasteiger partial charge in [-0.1, -0.05) is 44.2 Å². The van der Waals surface area contributed by atoms with Gasteiger partial charge in [0.1, 0.15) is 11.5 Å². The van der Waals surface area contributed by atoms with Crippen LogP contribution in [0.5, 0.6) is 0 Å². The summed E-state index contributed by atoms with van der Waals surface area (Å²) < 4.78 is 6.09. The molecule has 0 unspecified atom stereocenters. The molecule has 2 amide bonds. The Bertz CT molecular complexity index is 1100. The molecule has 154 valence electrons. The van der Waals surface area contributed by atoms with Gasteiger partial charge in [-0.25, -0.2) is 0 Å². The van der Waals surface area contributed by atoms with Gasteiger partial charge in [0, 0.05) is 47.8 Å². The highest BCUT2D eigenvalue weighted by atomic mass is 16.3. The summed E-state index contributed by atoms with van der Waals surface area (Å²) in [5.74, 6) is 1.72. The Morgan fingerprint density at radius 1 is 1.07 bits per heavy atom. The van der Waals surface area contributed by atoms with Crippen molar-refractivity contribution in [1.82, 2.24) is 4.90 Å². The normalized spacial score (nSPS) is 13.3. The highest BCUT2D eigenvalue weighted by molar-refractivity contribution is 6.05. The van der Waals surface area contributed by atoms with Crippen molar-refractivity contribution in [3.05, 3.63) is 77.0 Å². The quantitative estimate of drug-likeness (QED) is 0.664. The van der Waals surface area contributed by atoms with Crippen LogP contribution in [0.2, 0.25) is 0 Å². The molecule has 0 fully saturated rings. The van der Waals surface area contributed by atoms with Gasteiger partial charge in [0.2, 0.25) is 5.91 Å². The second-order valence-electron chi connectivity index (χ2n) is 8.07. The monoisotopic (exact) mass is 402 g/mol. The zero-order valence-electron chi connectivity index (χ0n) is 17.6. The van der Waals surface area contributed by atoms with E-state index in [4.69, 9.17) is 4.42 Å². The summed E-state index contributed by atoms with van der Waals surface area (Å²) >= 11 is 0. The lowest BCUT2D eigenvalue weighted by Gasteiger charge is -2.27. The van der Waals surface area contributed by atoms with Crippen LogP contribution in [0.3, 0.4) is 0 Å².